The van der Waals surface area contributed by atoms with Crippen LogP contribution in [0.15, 0.2) is 18.2 Å². The number of likely N-dealkylation sites (tertiary alicyclic amines) is 1. The molecule has 23 heavy (non-hydrogen) atoms. The van der Waals surface area contributed by atoms with Crippen molar-refractivity contribution in [2.75, 3.05) is 39.9 Å². The molecule has 6 nitrogen and oxygen atoms in total. The Hall–Kier alpha value is -1.95. The maximum Gasteiger partial charge on any atom is 0.315 e. The van der Waals surface area contributed by atoms with E-state index in [1.54, 1.807) is 7.11 Å². The maximum atomic E-state index is 12.0. The number of ether oxygens (including phenoxy) is 2. The SMILES string of the molecule is COc1ccc2c(c1)C[C@@H](NC(=O)NCCN1CCCC1)CO2. The topological polar surface area (TPSA) is 62.8 Å². The Balaban J connectivity index is 1.43. The maximum absolute atomic E-state index is 12.0. The molecule has 2 aliphatic heterocycles. The first kappa shape index (κ1) is 15.9. The number of amides is 2. The first-order chi connectivity index (χ1) is 11.2. The molecule has 6 heteroatoms. The second-order valence-electron chi connectivity index (χ2n) is 6.13. The number of hydrogen-bond donors (Lipinski definition) is 2. The number of rotatable bonds is 5. The Morgan fingerprint density at radius 2 is 2.22 bits per heavy atom. The molecule has 126 valence electrons. The summed E-state index contributed by atoms with van der Waals surface area (Å²) in [5.74, 6) is 1.68. The zero-order valence-corrected chi connectivity index (χ0v) is 13.6. The van der Waals surface area contributed by atoms with Gasteiger partial charge in [-0.25, -0.2) is 4.79 Å². The van der Waals surface area contributed by atoms with Gasteiger partial charge in [-0.15, -0.1) is 0 Å². The number of nitrogens with zero attached hydrogens (tertiary/aromatic N) is 1. The number of benzene rings is 1. The normalized spacial score (nSPS) is 20.5. The van der Waals surface area contributed by atoms with Crippen molar-refractivity contribution in [2.45, 2.75) is 25.3 Å². The molecule has 0 spiro atoms. The van der Waals surface area contributed by atoms with Crippen LogP contribution in [0.2, 0.25) is 0 Å². The van der Waals surface area contributed by atoms with Gasteiger partial charge in [0.2, 0.25) is 0 Å². The standard InChI is InChI=1S/C17H25N3O3/c1-22-15-4-5-16-13(11-15)10-14(12-23-16)19-17(21)18-6-9-20-7-2-3-8-20/h4-5,11,14H,2-3,6-10,12H2,1H3,(H2,18,19,21)/t14-/m1/s1. The third-order valence-electron chi connectivity index (χ3n) is 4.42. The van der Waals surface area contributed by atoms with E-state index < -0.39 is 0 Å². The molecule has 1 fully saturated rings. The molecule has 1 aromatic carbocycles. The van der Waals surface area contributed by atoms with Crippen molar-refractivity contribution in [2.24, 2.45) is 0 Å². The van der Waals surface area contributed by atoms with Crippen LogP contribution in [0.5, 0.6) is 11.5 Å². The number of fused-ring (bicyclic) bond motifs is 1. The second kappa shape index (κ2) is 7.55. The van der Waals surface area contributed by atoms with E-state index in [1.165, 1.54) is 12.8 Å². The van der Waals surface area contributed by atoms with Crippen molar-refractivity contribution >= 4 is 6.03 Å². The summed E-state index contributed by atoms with van der Waals surface area (Å²) >= 11 is 0. The molecule has 0 aliphatic carbocycles. The van der Waals surface area contributed by atoms with E-state index in [-0.39, 0.29) is 12.1 Å². The van der Waals surface area contributed by atoms with Crippen LogP contribution < -0.4 is 20.1 Å². The van der Waals surface area contributed by atoms with E-state index in [0.29, 0.717) is 13.2 Å². The van der Waals surface area contributed by atoms with E-state index >= 15 is 0 Å². The predicted octanol–water partition coefficient (Wildman–Crippen LogP) is 1.39. The van der Waals surface area contributed by atoms with E-state index in [1.807, 2.05) is 18.2 Å². The zero-order valence-electron chi connectivity index (χ0n) is 13.6. The monoisotopic (exact) mass is 319 g/mol. The summed E-state index contributed by atoms with van der Waals surface area (Å²) < 4.78 is 11.0. The smallest absolute Gasteiger partial charge is 0.315 e. The van der Waals surface area contributed by atoms with Crippen molar-refractivity contribution < 1.29 is 14.3 Å². The highest BCUT2D eigenvalue weighted by Crippen LogP contribution is 2.28. The molecule has 1 aromatic rings. The Labute approximate surface area is 137 Å². The van der Waals surface area contributed by atoms with Crippen LogP contribution in [0.1, 0.15) is 18.4 Å². The molecule has 2 aliphatic rings. The lowest BCUT2D eigenvalue weighted by Gasteiger charge is -2.26. The first-order valence-electron chi connectivity index (χ1n) is 8.31. The molecule has 1 saturated heterocycles. The number of carbonyl (C=O) groups excluding carboxylic acids is 1. The molecule has 0 saturated carbocycles. The van der Waals surface area contributed by atoms with Crippen LogP contribution in [0, 0.1) is 0 Å². The number of methoxy groups -OCH3 is 1. The average molecular weight is 319 g/mol. The van der Waals surface area contributed by atoms with E-state index in [0.717, 1.165) is 43.1 Å². The fourth-order valence-corrected chi connectivity index (χ4v) is 3.16. The summed E-state index contributed by atoms with van der Waals surface area (Å²) in [6.45, 7) is 4.41. The lowest BCUT2D eigenvalue weighted by atomic mass is 10.0. The molecule has 3 rings (SSSR count). The van der Waals surface area contributed by atoms with Gasteiger partial charge in [-0.3, -0.25) is 0 Å². The van der Waals surface area contributed by atoms with Crippen molar-refractivity contribution in [1.82, 2.24) is 15.5 Å². The quantitative estimate of drug-likeness (QED) is 0.861. The molecule has 1 atom stereocenters. The van der Waals surface area contributed by atoms with Gasteiger partial charge in [-0.2, -0.15) is 0 Å². The number of hydrogen-bond acceptors (Lipinski definition) is 4. The summed E-state index contributed by atoms with van der Waals surface area (Å²) in [6.07, 6.45) is 3.30. The Morgan fingerprint density at radius 3 is 3.00 bits per heavy atom. The molecule has 0 aromatic heterocycles. The third kappa shape index (κ3) is 4.28. The summed E-state index contributed by atoms with van der Waals surface area (Å²) in [6, 6.07) is 5.64. The highest BCUT2D eigenvalue weighted by atomic mass is 16.5. The molecular formula is C17H25N3O3. The summed E-state index contributed by atoms with van der Waals surface area (Å²) in [7, 11) is 1.65. The van der Waals surface area contributed by atoms with Gasteiger partial charge in [-0.1, -0.05) is 0 Å². The minimum atomic E-state index is -0.121. The molecule has 2 amide bonds. The molecule has 0 radical (unpaired) electrons. The second-order valence-corrected chi connectivity index (χ2v) is 6.13. The van der Waals surface area contributed by atoms with E-state index in [2.05, 4.69) is 15.5 Å². The van der Waals surface area contributed by atoms with Crippen molar-refractivity contribution in [1.29, 1.82) is 0 Å². The van der Waals surface area contributed by atoms with Gasteiger partial charge >= 0.3 is 6.03 Å². The van der Waals surface area contributed by atoms with Crippen molar-refractivity contribution in [3.63, 3.8) is 0 Å². The molecule has 2 N–H and O–H groups in total. The van der Waals surface area contributed by atoms with Crippen molar-refractivity contribution in [3.05, 3.63) is 23.8 Å². The molecular weight excluding hydrogens is 294 g/mol. The number of carbonyl (C=O) groups is 1. The first-order valence-corrected chi connectivity index (χ1v) is 8.31. The highest BCUT2D eigenvalue weighted by molar-refractivity contribution is 5.74. The van der Waals surface area contributed by atoms with Crippen LogP contribution in [0.3, 0.4) is 0 Å². The van der Waals surface area contributed by atoms with Gasteiger partial charge in [0.1, 0.15) is 18.1 Å². The van der Waals surface area contributed by atoms with Gasteiger partial charge in [0.25, 0.3) is 0 Å². The number of nitrogens with one attached hydrogen (secondary N) is 2. The predicted molar refractivity (Wildman–Crippen MR) is 88.2 cm³/mol. The molecule has 2 heterocycles. The fourth-order valence-electron chi connectivity index (χ4n) is 3.16. The average Bonchev–Trinajstić information content (AvgIpc) is 3.07. The van der Waals surface area contributed by atoms with Crippen LogP contribution >= 0.6 is 0 Å². The van der Waals surface area contributed by atoms with Gasteiger partial charge in [0.05, 0.1) is 13.2 Å². The molecule has 0 bridgehead atoms. The fraction of sp³-hybridized carbons (Fsp3) is 0.588. The Kier molecular flexibility index (Phi) is 5.23. The van der Waals surface area contributed by atoms with Gasteiger partial charge in [0.15, 0.2) is 0 Å². The third-order valence-corrected chi connectivity index (χ3v) is 4.42. The summed E-state index contributed by atoms with van der Waals surface area (Å²) in [5.41, 5.74) is 1.07. The van der Waals surface area contributed by atoms with Crippen LogP contribution in [-0.4, -0.2) is 56.9 Å². The van der Waals surface area contributed by atoms with Crippen LogP contribution in [0.25, 0.3) is 0 Å². The van der Waals surface area contributed by atoms with Gasteiger partial charge < -0.3 is 25.0 Å². The number of urea groups is 1. The van der Waals surface area contributed by atoms with Gasteiger partial charge in [-0.05, 0) is 56.1 Å². The van der Waals surface area contributed by atoms with Crippen LogP contribution in [0.4, 0.5) is 4.79 Å². The van der Waals surface area contributed by atoms with Crippen LogP contribution in [-0.2, 0) is 6.42 Å². The lowest BCUT2D eigenvalue weighted by Crippen LogP contribution is -2.48. The minimum Gasteiger partial charge on any atom is -0.497 e. The largest absolute Gasteiger partial charge is 0.497 e. The minimum absolute atomic E-state index is 0.0126. The Morgan fingerprint density at radius 1 is 1.39 bits per heavy atom. The summed E-state index contributed by atoms with van der Waals surface area (Å²) in [4.78, 5) is 14.4. The van der Waals surface area contributed by atoms with Crippen molar-refractivity contribution in [3.8, 4) is 11.5 Å². The lowest BCUT2D eigenvalue weighted by molar-refractivity contribution is 0.213. The summed E-state index contributed by atoms with van der Waals surface area (Å²) in [5, 5.41) is 5.92. The van der Waals surface area contributed by atoms with Gasteiger partial charge in [0, 0.05) is 13.1 Å². The zero-order chi connectivity index (χ0) is 16.1. The highest BCUT2D eigenvalue weighted by Gasteiger charge is 2.22. The van der Waals surface area contributed by atoms with E-state index in [4.69, 9.17) is 9.47 Å². The van der Waals surface area contributed by atoms with E-state index in [9.17, 15) is 4.79 Å². The molecule has 0 unspecified atom stereocenters. The Bertz CT molecular complexity index is 544.